The van der Waals surface area contributed by atoms with E-state index >= 15 is 0 Å². The average molecular weight is 1700 g/mol. The Labute approximate surface area is 772 Å². The van der Waals surface area contributed by atoms with Crippen molar-refractivity contribution in [1.29, 1.82) is 0 Å². The third-order valence-corrected chi connectivity index (χ3v) is 23.9. The molecule has 0 saturated carbocycles. The van der Waals surface area contributed by atoms with Gasteiger partial charge >= 0.3 is 0 Å². The summed E-state index contributed by atoms with van der Waals surface area (Å²) in [5, 5.41) is 2.50. The number of para-hydroxylation sites is 2. The van der Waals surface area contributed by atoms with Crippen LogP contribution in [0.4, 0.5) is 0 Å². The molecule has 11 heteroatoms. The highest BCUT2D eigenvalue weighted by molar-refractivity contribution is 6.10. The molecule has 0 bridgehead atoms. The normalized spacial score (nSPS) is 11.0. The van der Waals surface area contributed by atoms with Gasteiger partial charge in [-0.2, -0.15) is 0 Å². The second kappa shape index (κ2) is 38.2. The van der Waals surface area contributed by atoms with Crippen molar-refractivity contribution in [3.8, 4) is 196 Å². The highest BCUT2D eigenvalue weighted by Crippen LogP contribution is 2.40. The van der Waals surface area contributed by atoms with E-state index in [1.54, 1.807) is 43.4 Å². The number of nitrogens with zero attached hydrogens (tertiary/aromatic N) is 11. The molecule has 0 atom stereocenters. The van der Waals surface area contributed by atoms with Crippen molar-refractivity contribution in [2.75, 3.05) is 0 Å². The van der Waals surface area contributed by atoms with Crippen molar-refractivity contribution in [1.82, 2.24) is 54.4 Å². The second-order valence-electron chi connectivity index (χ2n) is 32.3. The van der Waals surface area contributed by atoms with Crippen molar-refractivity contribution in [3.05, 3.63) is 505 Å². The Morgan fingerprint density at radius 2 is 0.376 bits per heavy atom. The van der Waals surface area contributed by atoms with Crippen LogP contribution < -0.4 is 0 Å². The predicted molar refractivity (Wildman–Crippen MR) is 544 cm³/mol. The highest BCUT2D eigenvalue weighted by Gasteiger charge is 2.19. The Hall–Kier alpha value is -18.1. The molecule has 133 heavy (non-hydrogen) atoms. The van der Waals surface area contributed by atoms with Crippen molar-refractivity contribution < 1.29 is 0 Å². The maximum absolute atomic E-state index is 5.04. The molecule has 0 radical (unpaired) electrons. The molecule has 8 aromatic heterocycles. The van der Waals surface area contributed by atoms with Gasteiger partial charge in [0, 0.05) is 122 Å². The molecule has 0 fully saturated rings. The molecule has 0 unspecified atom stereocenters. The van der Waals surface area contributed by atoms with Crippen LogP contribution in [0.25, 0.3) is 218 Å². The summed E-state index contributed by atoms with van der Waals surface area (Å²) < 4.78 is 2.36. The molecular formula is C122H83N11. The number of fused-ring (bicyclic) bond motifs is 3. The SMILES string of the molecule is c1ccc(-c2ccc(-c3cc(-c4ccc(-c5ccc6c7ccccc7n(-c7ccccc7)c6c5)cc4)nc(-c4ccncc4)n3)cc2)cc1.c1ccc(-c2ccc(-c3cc(-c4ccc(-c5cccc(-c6ccccc6)c5)cc4)nc(-c4ccncc4)n3)cc2)cc1.c1ccc(-c2ccc(-c3cc(-c4ccc(-c5cccc(-c6cccnc6)c5)cc4)nc(-c4ccncc4)n3)cc2)cc1. The Morgan fingerprint density at radius 1 is 0.135 bits per heavy atom. The van der Waals surface area contributed by atoms with Crippen LogP contribution >= 0.6 is 0 Å². The molecule has 0 aliphatic carbocycles. The van der Waals surface area contributed by atoms with Gasteiger partial charge in [0.15, 0.2) is 17.5 Å². The lowest BCUT2D eigenvalue weighted by atomic mass is 9.97. The zero-order chi connectivity index (χ0) is 88.9. The molecule has 23 aromatic rings. The van der Waals surface area contributed by atoms with Gasteiger partial charge in [0.2, 0.25) is 0 Å². The summed E-state index contributed by atoms with van der Waals surface area (Å²) >= 11 is 0. The number of rotatable bonds is 18. The summed E-state index contributed by atoms with van der Waals surface area (Å²) in [6.45, 7) is 0. The lowest BCUT2D eigenvalue weighted by Crippen LogP contribution is -1.96. The van der Waals surface area contributed by atoms with Crippen LogP contribution in [0.3, 0.4) is 0 Å². The summed E-state index contributed by atoms with van der Waals surface area (Å²) in [6.07, 6.45) is 14.3. The van der Waals surface area contributed by atoms with Gasteiger partial charge in [-0.1, -0.05) is 358 Å². The maximum atomic E-state index is 5.04. The highest BCUT2D eigenvalue weighted by atomic mass is 15.0. The van der Waals surface area contributed by atoms with Gasteiger partial charge in [0.25, 0.3) is 0 Å². The van der Waals surface area contributed by atoms with Gasteiger partial charge in [0.1, 0.15) is 0 Å². The molecule has 11 nitrogen and oxygen atoms in total. The van der Waals surface area contributed by atoms with E-state index < -0.39 is 0 Å². The molecule has 15 aromatic carbocycles. The van der Waals surface area contributed by atoms with Crippen LogP contribution in [-0.4, -0.2) is 54.4 Å². The molecule has 626 valence electrons. The van der Waals surface area contributed by atoms with Crippen LogP contribution in [0, 0.1) is 0 Å². The van der Waals surface area contributed by atoms with Crippen molar-refractivity contribution >= 4 is 21.8 Å². The number of pyridine rings is 4. The van der Waals surface area contributed by atoms with Gasteiger partial charge in [-0.15, -0.1) is 0 Å². The monoisotopic (exact) mass is 1700 g/mol. The summed E-state index contributed by atoms with van der Waals surface area (Å²) in [5.41, 5.74) is 36.5. The second-order valence-corrected chi connectivity index (χ2v) is 32.3. The van der Waals surface area contributed by atoms with E-state index in [1.807, 2.05) is 72.9 Å². The van der Waals surface area contributed by atoms with Crippen molar-refractivity contribution in [2.24, 2.45) is 0 Å². The fourth-order valence-electron chi connectivity index (χ4n) is 16.9. The largest absolute Gasteiger partial charge is 0.309 e. The third kappa shape index (κ3) is 18.5. The Kier molecular flexibility index (Phi) is 23.6. The van der Waals surface area contributed by atoms with Gasteiger partial charge in [-0.3, -0.25) is 19.9 Å². The lowest BCUT2D eigenvalue weighted by Gasteiger charge is -2.11. The van der Waals surface area contributed by atoms with Crippen LogP contribution in [0.5, 0.6) is 0 Å². The first-order chi connectivity index (χ1) is 65.9. The Bertz CT molecular complexity index is 7630. The minimum absolute atomic E-state index is 0.672. The zero-order valence-corrected chi connectivity index (χ0v) is 72.3. The van der Waals surface area contributed by atoms with E-state index in [0.717, 1.165) is 123 Å². The van der Waals surface area contributed by atoms with Gasteiger partial charge < -0.3 is 4.57 Å². The predicted octanol–water partition coefficient (Wildman–Crippen LogP) is 30.4. The number of benzene rings is 15. The molecular weight excluding hydrogens is 1620 g/mol. The molecule has 8 heterocycles. The number of hydrogen-bond acceptors (Lipinski definition) is 10. The summed E-state index contributed by atoms with van der Waals surface area (Å²) in [7, 11) is 0. The fourth-order valence-corrected chi connectivity index (χ4v) is 16.9. The van der Waals surface area contributed by atoms with E-state index in [9.17, 15) is 0 Å². The molecule has 0 saturated heterocycles. The van der Waals surface area contributed by atoms with Gasteiger partial charge in [-0.05, 0) is 181 Å². The van der Waals surface area contributed by atoms with E-state index in [1.165, 1.54) is 77.4 Å². The third-order valence-electron chi connectivity index (χ3n) is 23.9. The summed E-state index contributed by atoms with van der Waals surface area (Å²) in [5.74, 6) is 2.02. The van der Waals surface area contributed by atoms with Gasteiger partial charge in [-0.25, -0.2) is 29.9 Å². The summed E-state index contributed by atoms with van der Waals surface area (Å²) in [4.78, 5) is 46.8. The van der Waals surface area contributed by atoms with E-state index in [-0.39, 0.29) is 0 Å². The lowest BCUT2D eigenvalue weighted by molar-refractivity contribution is 1.17. The van der Waals surface area contributed by atoms with Gasteiger partial charge in [0.05, 0.1) is 45.2 Å². The number of hydrogen-bond donors (Lipinski definition) is 0. The first-order valence-electron chi connectivity index (χ1n) is 44.3. The smallest absolute Gasteiger partial charge is 0.160 e. The maximum Gasteiger partial charge on any atom is 0.160 e. The van der Waals surface area contributed by atoms with E-state index in [2.05, 4.69) is 413 Å². The van der Waals surface area contributed by atoms with E-state index in [0.29, 0.717) is 17.5 Å². The minimum Gasteiger partial charge on any atom is -0.309 e. The quantitative estimate of drug-likeness (QED) is 0.0817. The fraction of sp³-hybridized carbons (Fsp3) is 0. The first kappa shape index (κ1) is 81.9. The number of aromatic nitrogens is 11. The zero-order valence-electron chi connectivity index (χ0n) is 72.3. The standard InChI is InChI=1S/C45H30N4.C39H27N3.C38H26N4/c1-3-9-31(10-4-1)32-15-19-34(20-16-32)41-30-42(48-45(47-41)36-25-27-46-28-26-36)35-21-17-33(18-22-35)37-23-24-40-39-13-7-8-14-43(39)49(44(40)29-37)38-11-5-2-6-12-38;1-3-8-28(9-4-1)30-14-18-32(19-15-30)37-27-38(42-39(41-37)34-22-24-40-25-23-34)33-20-16-31(17-21-33)36-13-7-12-35(26-36)29-10-5-2-6-11-29;1-2-6-27(7-3-1)28-11-15-30(16-12-28)36-25-37(42-38(41-36)32-19-22-39-23-20-32)31-17-13-29(14-18-31)33-8-4-9-34(24-33)35-10-5-21-40-26-35/h1-30H;1-27H;1-26H. The Balaban J connectivity index is 0.000000121. The molecule has 0 N–H and O–H groups in total. The molecule has 0 amide bonds. The van der Waals surface area contributed by atoms with E-state index in [4.69, 9.17) is 29.9 Å². The molecule has 0 spiro atoms. The van der Waals surface area contributed by atoms with Crippen LogP contribution in [0.15, 0.2) is 505 Å². The first-order valence-corrected chi connectivity index (χ1v) is 44.3. The van der Waals surface area contributed by atoms with Crippen LogP contribution in [0.1, 0.15) is 0 Å². The van der Waals surface area contributed by atoms with Crippen LogP contribution in [-0.2, 0) is 0 Å². The molecule has 23 rings (SSSR count). The molecule has 0 aliphatic rings. The average Bonchev–Trinajstić information content (AvgIpc) is 1.59. The summed E-state index contributed by atoms with van der Waals surface area (Å²) in [6, 6.07) is 158. The molecule has 0 aliphatic heterocycles. The Morgan fingerprint density at radius 3 is 0.699 bits per heavy atom. The van der Waals surface area contributed by atoms with Crippen molar-refractivity contribution in [3.63, 3.8) is 0 Å². The minimum atomic E-state index is 0.672. The van der Waals surface area contributed by atoms with Crippen LogP contribution in [0.2, 0.25) is 0 Å². The topological polar surface area (TPSA) is 134 Å². The van der Waals surface area contributed by atoms with Crippen molar-refractivity contribution in [2.45, 2.75) is 0 Å².